The Balaban J connectivity index is 0.930. The Morgan fingerprint density at radius 1 is 0.328 bits per heavy atom. The molecule has 10 aromatic carbocycles. The fourth-order valence-corrected chi connectivity index (χ4v) is 9.34. The number of rotatable bonds is 7. The highest BCUT2D eigenvalue weighted by atomic mass is 16.3. The molecule has 0 saturated carbocycles. The molecule has 0 atom stereocenters. The van der Waals surface area contributed by atoms with Gasteiger partial charge in [-0.25, -0.2) is 0 Å². The lowest BCUT2D eigenvalue weighted by Crippen LogP contribution is -2.09. The Bertz CT molecular complexity index is 3500. The molecule has 0 aliphatic rings. The second-order valence-corrected chi connectivity index (χ2v) is 15.7. The van der Waals surface area contributed by atoms with E-state index in [9.17, 15) is 0 Å². The number of hydrogen-bond acceptors (Lipinski definition) is 2. The summed E-state index contributed by atoms with van der Waals surface area (Å²) in [5.41, 5.74) is 15.6. The molecular formula is C58H38N2O. The number of anilines is 3. The first-order valence-electron chi connectivity index (χ1n) is 20.8. The molecule has 12 rings (SSSR count). The third-order valence-corrected chi connectivity index (χ3v) is 12.2. The van der Waals surface area contributed by atoms with E-state index in [4.69, 9.17) is 4.42 Å². The lowest BCUT2D eigenvalue weighted by Gasteiger charge is -2.26. The zero-order valence-corrected chi connectivity index (χ0v) is 33.2. The lowest BCUT2D eigenvalue weighted by atomic mass is 9.91. The van der Waals surface area contributed by atoms with Crippen molar-refractivity contribution in [2.24, 2.45) is 0 Å². The molecule has 3 nitrogen and oxygen atoms in total. The summed E-state index contributed by atoms with van der Waals surface area (Å²) in [5.74, 6) is 0. The zero-order chi connectivity index (χ0) is 40.3. The van der Waals surface area contributed by atoms with E-state index in [-0.39, 0.29) is 0 Å². The Kier molecular flexibility index (Phi) is 8.17. The van der Waals surface area contributed by atoms with Gasteiger partial charge in [0.15, 0.2) is 0 Å². The van der Waals surface area contributed by atoms with Crippen LogP contribution < -0.4 is 4.90 Å². The summed E-state index contributed by atoms with van der Waals surface area (Å²) >= 11 is 0. The number of aromatic nitrogens is 1. The molecule has 2 heterocycles. The van der Waals surface area contributed by atoms with Gasteiger partial charge in [0, 0.05) is 50.4 Å². The summed E-state index contributed by atoms with van der Waals surface area (Å²) in [6, 6.07) is 82.8. The second kappa shape index (κ2) is 14.3. The summed E-state index contributed by atoms with van der Waals surface area (Å²) in [6.07, 6.45) is 0. The van der Waals surface area contributed by atoms with E-state index < -0.39 is 0 Å². The molecule has 0 spiro atoms. The zero-order valence-electron chi connectivity index (χ0n) is 33.2. The minimum absolute atomic E-state index is 0.865. The van der Waals surface area contributed by atoms with Crippen LogP contribution in [0.15, 0.2) is 235 Å². The van der Waals surface area contributed by atoms with Crippen LogP contribution in [0, 0.1) is 0 Å². The number of fused-ring (bicyclic) bond motifs is 7. The molecule has 0 fully saturated rings. The van der Waals surface area contributed by atoms with Crippen LogP contribution in [0.25, 0.3) is 93.6 Å². The highest BCUT2D eigenvalue weighted by molar-refractivity contribution is 6.10. The monoisotopic (exact) mass is 778 g/mol. The van der Waals surface area contributed by atoms with Crippen LogP contribution in [0.3, 0.4) is 0 Å². The summed E-state index contributed by atoms with van der Waals surface area (Å²) in [5, 5.41) is 7.25. The van der Waals surface area contributed by atoms with Crippen LogP contribution in [0.1, 0.15) is 0 Å². The van der Waals surface area contributed by atoms with E-state index in [1.165, 1.54) is 60.4 Å². The maximum Gasteiger partial charge on any atom is 0.137 e. The van der Waals surface area contributed by atoms with Crippen LogP contribution in [0.5, 0.6) is 0 Å². The summed E-state index contributed by atoms with van der Waals surface area (Å²) < 4.78 is 8.78. The molecule has 0 saturated heterocycles. The van der Waals surface area contributed by atoms with Crippen molar-refractivity contribution in [2.75, 3.05) is 4.90 Å². The Morgan fingerprint density at radius 2 is 0.820 bits per heavy atom. The van der Waals surface area contributed by atoms with Crippen molar-refractivity contribution in [3.8, 4) is 39.1 Å². The van der Waals surface area contributed by atoms with Crippen molar-refractivity contribution in [3.05, 3.63) is 231 Å². The predicted molar refractivity (Wildman–Crippen MR) is 257 cm³/mol. The smallest absolute Gasteiger partial charge is 0.137 e. The van der Waals surface area contributed by atoms with Crippen molar-refractivity contribution < 1.29 is 4.42 Å². The van der Waals surface area contributed by atoms with Crippen LogP contribution in [0.4, 0.5) is 17.1 Å². The van der Waals surface area contributed by atoms with Gasteiger partial charge in [-0.1, -0.05) is 158 Å². The van der Waals surface area contributed by atoms with Gasteiger partial charge in [-0.05, 0) is 111 Å². The molecule has 0 bridgehead atoms. The molecule has 286 valence electrons. The molecule has 0 aliphatic heterocycles. The first-order valence-corrected chi connectivity index (χ1v) is 20.8. The lowest BCUT2D eigenvalue weighted by molar-refractivity contribution is 0.669. The van der Waals surface area contributed by atoms with Gasteiger partial charge < -0.3 is 13.9 Å². The highest BCUT2D eigenvalue weighted by Gasteiger charge is 2.18. The van der Waals surface area contributed by atoms with Gasteiger partial charge in [0.2, 0.25) is 0 Å². The third-order valence-electron chi connectivity index (χ3n) is 12.2. The average molecular weight is 779 g/mol. The van der Waals surface area contributed by atoms with Crippen LogP contribution in [-0.4, -0.2) is 4.57 Å². The van der Waals surface area contributed by atoms with Crippen LogP contribution in [-0.2, 0) is 0 Å². The molecular weight excluding hydrogens is 741 g/mol. The van der Waals surface area contributed by atoms with Crippen molar-refractivity contribution in [2.45, 2.75) is 0 Å². The van der Waals surface area contributed by atoms with Gasteiger partial charge in [0.05, 0.1) is 11.0 Å². The third kappa shape index (κ3) is 5.90. The first kappa shape index (κ1) is 34.9. The first-order chi connectivity index (χ1) is 30.2. The Hall–Kier alpha value is -8.14. The number of para-hydroxylation sites is 3. The van der Waals surface area contributed by atoms with Crippen LogP contribution >= 0.6 is 0 Å². The predicted octanol–water partition coefficient (Wildman–Crippen LogP) is 16.3. The normalized spacial score (nSPS) is 11.6. The van der Waals surface area contributed by atoms with Crippen molar-refractivity contribution in [3.63, 3.8) is 0 Å². The van der Waals surface area contributed by atoms with Gasteiger partial charge in [-0.2, -0.15) is 0 Å². The number of benzene rings is 10. The van der Waals surface area contributed by atoms with Gasteiger partial charge in [-0.3, -0.25) is 0 Å². The second-order valence-electron chi connectivity index (χ2n) is 15.7. The number of hydrogen-bond donors (Lipinski definition) is 0. The minimum Gasteiger partial charge on any atom is -0.456 e. The van der Waals surface area contributed by atoms with Crippen LogP contribution in [0.2, 0.25) is 0 Å². The molecule has 3 heteroatoms. The minimum atomic E-state index is 0.865. The maximum atomic E-state index is 6.41. The molecule has 61 heavy (non-hydrogen) atoms. The standard InChI is InChI=1S/C58H38N2O/c1-2-12-41(13-3-1)48-19-10-14-43-15-11-20-49(58(43)48)42-28-34-45(35-29-42)59(47-36-37-53-52-18-6-9-23-56(52)61-57(53)38-47)44-30-24-39(25-31-44)40-26-32-46(33-27-40)60-54-21-7-4-16-50(54)51-17-5-8-22-55(51)60/h1-38H. The maximum absolute atomic E-state index is 6.41. The van der Waals surface area contributed by atoms with E-state index in [0.717, 1.165) is 50.3 Å². The van der Waals surface area contributed by atoms with Gasteiger partial charge in [0.25, 0.3) is 0 Å². The number of nitrogens with zero attached hydrogens (tertiary/aromatic N) is 2. The van der Waals surface area contributed by atoms with Gasteiger partial charge >= 0.3 is 0 Å². The largest absolute Gasteiger partial charge is 0.456 e. The molecule has 0 amide bonds. The van der Waals surface area contributed by atoms with E-state index >= 15 is 0 Å². The van der Waals surface area contributed by atoms with Crippen molar-refractivity contribution in [1.82, 2.24) is 4.57 Å². The van der Waals surface area contributed by atoms with E-state index in [2.05, 4.69) is 228 Å². The Labute approximate surface area is 353 Å². The summed E-state index contributed by atoms with van der Waals surface area (Å²) in [6.45, 7) is 0. The van der Waals surface area contributed by atoms with Crippen molar-refractivity contribution >= 4 is 71.6 Å². The fraction of sp³-hybridized carbons (Fsp3) is 0. The SMILES string of the molecule is c1ccc(-c2cccc3cccc(-c4ccc(N(c5ccc(-c6ccc(-n7c8ccccc8c8ccccc87)cc6)cc5)c5ccc6c(c5)oc5ccccc56)cc4)c23)cc1. The molecule has 2 aromatic heterocycles. The number of furan rings is 1. The molecule has 0 radical (unpaired) electrons. The van der Waals surface area contributed by atoms with Crippen molar-refractivity contribution in [1.29, 1.82) is 0 Å². The quantitative estimate of drug-likeness (QED) is 0.161. The van der Waals surface area contributed by atoms with E-state index in [0.29, 0.717) is 0 Å². The Morgan fingerprint density at radius 3 is 1.46 bits per heavy atom. The summed E-state index contributed by atoms with van der Waals surface area (Å²) in [4.78, 5) is 2.32. The van der Waals surface area contributed by atoms with E-state index in [1.807, 2.05) is 12.1 Å². The average Bonchev–Trinajstić information content (AvgIpc) is 3.88. The summed E-state index contributed by atoms with van der Waals surface area (Å²) in [7, 11) is 0. The molecule has 0 N–H and O–H groups in total. The molecule has 0 unspecified atom stereocenters. The highest BCUT2D eigenvalue weighted by Crippen LogP contribution is 2.42. The van der Waals surface area contributed by atoms with E-state index in [1.54, 1.807) is 0 Å². The van der Waals surface area contributed by atoms with Gasteiger partial charge in [-0.15, -0.1) is 0 Å². The fourth-order valence-electron chi connectivity index (χ4n) is 9.34. The molecule has 12 aromatic rings. The molecule has 0 aliphatic carbocycles. The topological polar surface area (TPSA) is 21.3 Å². The van der Waals surface area contributed by atoms with Gasteiger partial charge in [0.1, 0.15) is 11.2 Å².